The van der Waals surface area contributed by atoms with Gasteiger partial charge in [0, 0.05) is 44.3 Å². The smallest absolute Gasteiger partial charge is 0.328 e. The summed E-state index contributed by atoms with van der Waals surface area (Å²) < 4.78 is 22.3. The highest BCUT2D eigenvalue weighted by molar-refractivity contribution is 5.83. The minimum Gasteiger partial charge on any atom is -0.494 e. The lowest BCUT2D eigenvalue weighted by Crippen LogP contribution is -2.29. The molecule has 0 aliphatic heterocycles. The average molecular weight is 412 g/mol. The second-order valence-electron chi connectivity index (χ2n) is 7.99. The van der Waals surface area contributed by atoms with Gasteiger partial charge in [-0.1, -0.05) is 0 Å². The third kappa shape index (κ3) is 3.86. The second-order valence-corrected chi connectivity index (χ2v) is 7.99. The molecule has 1 aliphatic rings. The first kappa shape index (κ1) is 20.3. The molecule has 1 saturated carbocycles. The molecule has 7 nitrogen and oxygen atoms in total. The summed E-state index contributed by atoms with van der Waals surface area (Å²) in [6.07, 6.45) is 6.82. The quantitative estimate of drug-likeness (QED) is 0.622. The summed E-state index contributed by atoms with van der Waals surface area (Å²) in [7, 11) is 3.06. The van der Waals surface area contributed by atoms with Gasteiger partial charge in [-0.3, -0.25) is 13.9 Å². The van der Waals surface area contributed by atoms with Gasteiger partial charge in [-0.15, -0.1) is 0 Å². The predicted octanol–water partition coefficient (Wildman–Crippen LogP) is 2.90. The molecule has 158 valence electrons. The lowest BCUT2D eigenvalue weighted by molar-refractivity contribution is -0.123. The molecule has 0 amide bonds. The summed E-state index contributed by atoms with van der Waals surface area (Å²) in [6.45, 7) is 0.553. The fourth-order valence-corrected chi connectivity index (χ4v) is 4.41. The van der Waals surface area contributed by atoms with Gasteiger partial charge in [-0.2, -0.15) is 0 Å². The van der Waals surface area contributed by atoms with E-state index in [-0.39, 0.29) is 23.1 Å². The second kappa shape index (κ2) is 8.38. The first-order valence-corrected chi connectivity index (χ1v) is 10.2. The van der Waals surface area contributed by atoms with Gasteiger partial charge in [0.25, 0.3) is 0 Å². The van der Waals surface area contributed by atoms with Crippen LogP contribution in [0, 0.1) is 17.7 Å². The van der Waals surface area contributed by atoms with Crippen LogP contribution in [-0.2, 0) is 24.8 Å². The van der Waals surface area contributed by atoms with E-state index in [4.69, 9.17) is 4.74 Å². The van der Waals surface area contributed by atoms with E-state index in [2.05, 4.69) is 9.97 Å². The third-order valence-corrected chi connectivity index (χ3v) is 6.16. The van der Waals surface area contributed by atoms with Gasteiger partial charge < -0.3 is 4.74 Å². The van der Waals surface area contributed by atoms with E-state index in [1.165, 1.54) is 24.1 Å². The van der Waals surface area contributed by atoms with E-state index < -0.39 is 5.82 Å². The summed E-state index contributed by atoms with van der Waals surface area (Å²) in [5, 5.41) is 0. The number of halogens is 1. The molecular formula is C22H25FN4O3. The normalized spacial score (nSPS) is 19.2. The predicted molar refractivity (Wildman–Crippen MR) is 110 cm³/mol. The number of aromatic nitrogens is 4. The fourth-order valence-electron chi connectivity index (χ4n) is 4.41. The van der Waals surface area contributed by atoms with Crippen molar-refractivity contribution in [1.29, 1.82) is 0 Å². The summed E-state index contributed by atoms with van der Waals surface area (Å²) in [4.78, 5) is 33.4. The van der Waals surface area contributed by atoms with Crippen LogP contribution < -0.4 is 10.4 Å². The Hall–Kier alpha value is -3.03. The third-order valence-electron chi connectivity index (χ3n) is 6.16. The lowest BCUT2D eigenvalue weighted by atomic mass is 9.79. The maximum atomic E-state index is 14.1. The number of ketones is 1. The van der Waals surface area contributed by atoms with Crippen LogP contribution in [0.5, 0.6) is 5.75 Å². The maximum absolute atomic E-state index is 14.1. The fraction of sp³-hybridized carbons (Fsp3) is 0.455. The van der Waals surface area contributed by atoms with Gasteiger partial charge in [0.2, 0.25) is 0 Å². The molecule has 0 saturated heterocycles. The molecule has 0 radical (unpaired) electrons. The molecule has 1 fully saturated rings. The molecule has 0 spiro atoms. The van der Waals surface area contributed by atoms with Crippen molar-refractivity contribution in [2.75, 3.05) is 7.11 Å². The molecule has 30 heavy (non-hydrogen) atoms. The van der Waals surface area contributed by atoms with Crippen molar-refractivity contribution >= 4 is 16.8 Å². The SMILES string of the molecule is COc1cc2c(cc1F)n(C)c(=O)n2CC1CCC(C(=O)Cc2ccncn2)CC1. The lowest BCUT2D eigenvalue weighted by Gasteiger charge is -2.27. The molecule has 1 aromatic carbocycles. The maximum Gasteiger partial charge on any atom is 0.328 e. The molecule has 0 bridgehead atoms. The zero-order valence-electron chi connectivity index (χ0n) is 17.2. The molecule has 0 N–H and O–H groups in total. The number of nitrogens with zero attached hydrogens (tertiary/aromatic N) is 4. The van der Waals surface area contributed by atoms with Crippen molar-refractivity contribution in [2.24, 2.45) is 18.9 Å². The summed E-state index contributed by atoms with van der Waals surface area (Å²) in [6, 6.07) is 4.70. The van der Waals surface area contributed by atoms with Crippen LogP contribution in [0.2, 0.25) is 0 Å². The molecule has 8 heteroatoms. The summed E-state index contributed by atoms with van der Waals surface area (Å²) in [5.74, 6) is 0.193. The van der Waals surface area contributed by atoms with Crippen molar-refractivity contribution < 1.29 is 13.9 Å². The Morgan fingerprint density at radius 3 is 2.67 bits per heavy atom. The Bertz CT molecular complexity index is 1110. The minimum atomic E-state index is -0.486. The number of carbonyl (C=O) groups is 1. The van der Waals surface area contributed by atoms with Crippen LogP contribution in [0.15, 0.2) is 35.5 Å². The number of Topliss-reactive ketones (excluding diaryl/α,β-unsaturated/α-hetero) is 1. The monoisotopic (exact) mass is 412 g/mol. The Balaban J connectivity index is 1.45. The first-order valence-electron chi connectivity index (χ1n) is 10.2. The van der Waals surface area contributed by atoms with E-state index in [1.54, 1.807) is 29.9 Å². The Morgan fingerprint density at radius 1 is 1.23 bits per heavy atom. The summed E-state index contributed by atoms with van der Waals surface area (Å²) in [5.41, 5.74) is 1.80. The largest absolute Gasteiger partial charge is 0.494 e. The van der Waals surface area contributed by atoms with Gasteiger partial charge in [-0.05, 0) is 37.7 Å². The zero-order valence-corrected chi connectivity index (χ0v) is 17.2. The number of imidazole rings is 1. The van der Waals surface area contributed by atoms with Gasteiger partial charge >= 0.3 is 5.69 Å². The molecular weight excluding hydrogens is 387 g/mol. The number of aryl methyl sites for hydroxylation is 1. The number of methoxy groups -OCH3 is 1. The number of fused-ring (bicyclic) bond motifs is 1. The molecule has 2 heterocycles. The van der Waals surface area contributed by atoms with Crippen LogP contribution in [0.4, 0.5) is 4.39 Å². The number of hydrogen-bond donors (Lipinski definition) is 0. The van der Waals surface area contributed by atoms with Crippen LogP contribution in [0.1, 0.15) is 31.4 Å². The molecule has 0 unspecified atom stereocenters. The van der Waals surface area contributed by atoms with Gasteiger partial charge in [0.1, 0.15) is 12.1 Å². The molecule has 4 rings (SSSR count). The standard InChI is InChI=1S/C22H25FN4O3/c1-26-18-10-17(23)21(30-2)11-19(18)27(22(26)29)12-14-3-5-15(6-4-14)20(28)9-16-7-8-24-13-25-16/h7-8,10-11,13-15H,3-6,9,12H2,1-2H3. The van der Waals surface area contributed by atoms with Gasteiger partial charge in [0.05, 0.1) is 23.8 Å². The van der Waals surface area contributed by atoms with Crippen molar-refractivity contribution in [2.45, 2.75) is 38.6 Å². The van der Waals surface area contributed by atoms with E-state index in [0.29, 0.717) is 29.9 Å². The molecule has 1 aliphatic carbocycles. The van der Waals surface area contributed by atoms with Gasteiger partial charge in [0.15, 0.2) is 11.6 Å². The van der Waals surface area contributed by atoms with E-state index >= 15 is 0 Å². The van der Waals surface area contributed by atoms with Crippen LogP contribution in [0.3, 0.4) is 0 Å². The molecule has 0 atom stereocenters. The van der Waals surface area contributed by atoms with Crippen molar-refractivity contribution in [3.63, 3.8) is 0 Å². The van der Waals surface area contributed by atoms with Gasteiger partial charge in [-0.25, -0.2) is 19.2 Å². The highest BCUT2D eigenvalue weighted by atomic mass is 19.1. The minimum absolute atomic E-state index is 0.0367. The number of ether oxygens (including phenoxy) is 1. The number of benzene rings is 1. The van der Waals surface area contributed by atoms with E-state index in [9.17, 15) is 14.0 Å². The molecule has 2 aromatic heterocycles. The highest BCUT2D eigenvalue weighted by Crippen LogP contribution is 2.32. The van der Waals surface area contributed by atoms with Crippen molar-refractivity contribution in [1.82, 2.24) is 19.1 Å². The number of hydrogen-bond acceptors (Lipinski definition) is 5. The first-order chi connectivity index (χ1) is 14.5. The van der Waals surface area contributed by atoms with Crippen molar-refractivity contribution in [3.05, 3.63) is 52.7 Å². The highest BCUT2D eigenvalue weighted by Gasteiger charge is 2.27. The Labute approximate surface area is 173 Å². The Morgan fingerprint density at radius 2 is 2.00 bits per heavy atom. The van der Waals surface area contributed by atoms with Crippen LogP contribution in [-0.4, -0.2) is 32.0 Å². The molecule has 3 aromatic rings. The van der Waals surface area contributed by atoms with E-state index in [0.717, 1.165) is 31.4 Å². The van der Waals surface area contributed by atoms with Crippen LogP contribution >= 0.6 is 0 Å². The van der Waals surface area contributed by atoms with Crippen molar-refractivity contribution in [3.8, 4) is 5.75 Å². The average Bonchev–Trinajstić information content (AvgIpc) is 2.98. The summed E-state index contributed by atoms with van der Waals surface area (Å²) >= 11 is 0. The number of rotatable bonds is 6. The van der Waals surface area contributed by atoms with Crippen LogP contribution in [0.25, 0.3) is 11.0 Å². The zero-order chi connectivity index (χ0) is 21.3. The topological polar surface area (TPSA) is 79.0 Å². The Kier molecular flexibility index (Phi) is 5.65. The number of carbonyl (C=O) groups excluding carboxylic acids is 1. The van der Waals surface area contributed by atoms with E-state index in [1.807, 2.05) is 0 Å².